The van der Waals surface area contributed by atoms with Gasteiger partial charge in [-0.05, 0) is 28.8 Å². The second-order valence-electron chi connectivity index (χ2n) is 15.1. The van der Waals surface area contributed by atoms with E-state index in [4.69, 9.17) is 15.0 Å². The molecule has 0 saturated carbocycles. The summed E-state index contributed by atoms with van der Waals surface area (Å²) in [7, 11) is 0. The van der Waals surface area contributed by atoms with Crippen molar-refractivity contribution in [3.8, 4) is 89.8 Å². The van der Waals surface area contributed by atoms with Crippen LogP contribution in [0.15, 0.2) is 224 Å². The van der Waals surface area contributed by atoms with Crippen molar-refractivity contribution in [1.82, 2.24) is 15.0 Å². The maximum Gasteiger partial charge on any atom is 0.160 e. The Morgan fingerprint density at radius 1 is 0.295 bits per heavy atom. The van der Waals surface area contributed by atoms with Gasteiger partial charge in [0.15, 0.2) is 5.82 Å². The SMILES string of the molecule is c1ccc(-c2nc(-c3ccc(-c4c(-c5ccccc5)c(-c5ccccc5)nc(-c5ccccc5)c4-c4ccccc4)cc3)cc(-c3cccc4c3sc3ccccc34)n2)cc1. The molecule has 3 nitrogen and oxygen atoms in total. The van der Waals surface area contributed by atoms with Gasteiger partial charge in [-0.2, -0.15) is 0 Å². The molecule has 0 atom stereocenters. The number of thiophene rings is 1. The van der Waals surface area contributed by atoms with Crippen LogP contribution in [0.1, 0.15) is 0 Å². The summed E-state index contributed by atoms with van der Waals surface area (Å²) in [4.78, 5) is 16.1. The lowest BCUT2D eigenvalue weighted by Gasteiger charge is -2.23. The Morgan fingerprint density at radius 3 is 1.31 bits per heavy atom. The Labute approximate surface area is 359 Å². The third-order valence-corrected chi connectivity index (χ3v) is 12.5. The fraction of sp³-hybridized carbons (Fsp3) is 0. The minimum absolute atomic E-state index is 0.696. The van der Waals surface area contributed by atoms with Gasteiger partial charge in [-0.3, -0.25) is 0 Å². The van der Waals surface area contributed by atoms with E-state index in [1.165, 1.54) is 20.2 Å². The lowest BCUT2D eigenvalue weighted by atomic mass is 9.83. The Kier molecular flexibility index (Phi) is 9.38. The van der Waals surface area contributed by atoms with Crippen LogP contribution in [0.2, 0.25) is 0 Å². The van der Waals surface area contributed by atoms with Gasteiger partial charge in [0.1, 0.15) is 0 Å². The molecule has 0 bridgehead atoms. The molecule has 0 aliphatic rings. The summed E-state index contributed by atoms with van der Waals surface area (Å²) in [5.74, 6) is 0.696. The number of pyridine rings is 1. The van der Waals surface area contributed by atoms with Gasteiger partial charge < -0.3 is 0 Å². The molecule has 8 aromatic carbocycles. The minimum atomic E-state index is 0.696. The summed E-state index contributed by atoms with van der Waals surface area (Å²) in [5, 5.41) is 2.51. The number of fused-ring (bicyclic) bond motifs is 3. The fourth-order valence-corrected chi connectivity index (χ4v) is 9.69. The number of benzene rings is 8. The summed E-state index contributed by atoms with van der Waals surface area (Å²) in [6, 6.07) is 79.1. The Hall–Kier alpha value is -7.79. The highest BCUT2D eigenvalue weighted by Gasteiger charge is 2.25. The molecule has 0 aliphatic heterocycles. The molecule has 11 rings (SSSR count). The molecule has 0 unspecified atom stereocenters. The fourth-order valence-electron chi connectivity index (χ4n) is 8.46. The van der Waals surface area contributed by atoms with Crippen LogP contribution in [0.4, 0.5) is 0 Å². The highest BCUT2D eigenvalue weighted by Crippen LogP contribution is 2.49. The third kappa shape index (κ3) is 6.79. The Bertz CT molecular complexity index is 3210. The molecule has 0 radical (unpaired) electrons. The molecule has 286 valence electrons. The first-order valence-corrected chi connectivity index (χ1v) is 21.3. The number of aromatic nitrogens is 3. The van der Waals surface area contributed by atoms with Crippen molar-refractivity contribution in [2.75, 3.05) is 0 Å². The molecule has 0 saturated heterocycles. The topological polar surface area (TPSA) is 38.7 Å². The van der Waals surface area contributed by atoms with Crippen molar-refractivity contribution in [2.24, 2.45) is 0 Å². The first kappa shape index (κ1) is 36.3. The molecule has 0 N–H and O–H groups in total. The lowest BCUT2D eigenvalue weighted by molar-refractivity contribution is 1.19. The molecule has 4 heteroatoms. The van der Waals surface area contributed by atoms with Crippen LogP contribution in [0.25, 0.3) is 110 Å². The van der Waals surface area contributed by atoms with Gasteiger partial charge in [-0.1, -0.05) is 212 Å². The second-order valence-corrected chi connectivity index (χ2v) is 16.1. The van der Waals surface area contributed by atoms with Crippen molar-refractivity contribution < 1.29 is 0 Å². The minimum Gasteiger partial charge on any atom is -0.246 e. The zero-order chi connectivity index (χ0) is 40.5. The van der Waals surface area contributed by atoms with Crippen LogP contribution in [0.5, 0.6) is 0 Å². The summed E-state index contributed by atoms with van der Waals surface area (Å²) < 4.78 is 2.50. The van der Waals surface area contributed by atoms with Crippen molar-refractivity contribution in [3.05, 3.63) is 224 Å². The number of hydrogen-bond donors (Lipinski definition) is 0. The summed E-state index contributed by atoms with van der Waals surface area (Å²) in [6.45, 7) is 0. The van der Waals surface area contributed by atoms with Gasteiger partial charge in [0.05, 0.1) is 22.8 Å². The van der Waals surface area contributed by atoms with Gasteiger partial charge in [0.25, 0.3) is 0 Å². The molecule has 3 aromatic heterocycles. The first-order valence-electron chi connectivity index (χ1n) is 20.5. The van der Waals surface area contributed by atoms with E-state index in [9.17, 15) is 0 Å². The molecular weight excluding hydrogens is 759 g/mol. The van der Waals surface area contributed by atoms with Gasteiger partial charge in [-0.25, -0.2) is 15.0 Å². The zero-order valence-corrected chi connectivity index (χ0v) is 33.9. The van der Waals surface area contributed by atoms with Crippen molar-refractivity contribution >= 4 is 31.5 Å². The largest absolute Gasteiger partial charge is 0.246 e. The molecule has 3 heterocycles. The smallest absolute Gasteiger partial charge is 0.160 e. The van der Waals surface area contributed by atoms with Crippen LogP contribution in [-0.2, 0) is 0 Å². The first-order chi connectivity index (χ1) is 30.3. The summed E-state index contributed by atoms with van der Waals surface area (Å²) >= 11 is 1.82. The predicted molar refractivity (Wildman–Crippen MR) is 256 cm³/mol. The van der Waals surface area contributed by atoms with Crippen LogP contribution < -0.4 is 0 Å². The van der Waals surface area contributed by atoms with E-state index in [1.807, 2.05) is 29.5 Å². The van der Waals surface area contributed by atoms with Gasteiger partial charge in [0, 0.05) is 64.7 Å². The number of hydrogen-bond acceptors (Lipinski definition) is 4. The van der Waals surface area contributed by atoms with E-state index in [-0.39, 0.29) is 0 Å². The predicted octanol–water partition coefficient (Wildman–Crippen LogP) is 15.6. The van der Waals surface area contributed by atoms with Gasteiger partial charge in [0.2, 0.25) is 0 Å². The van der Waals surface area contributed by atoms with E-state index < -0.39 is 0 Å². The van der Waals surface area contributed by atoms with E-state index in [0.717, 1.165) is 84.0 Å². The number of rotatable bonds is 8. The van der Waals surface area contributed by atoms with Crippen molar-refractivity contribution in [2.45, 2.75) is 0 Å². The zero-order valence-electron chi connectivity index (χ0n) is 33.1. The van der Waals surface area contributed by atoms with E-state index in [1.54, 1.807) is 0 Å². The molecule has 61 heavy (non-hydrogen) atoms. The normalized spacial score (nSPS) is 11.3. The summed E-state index contributed by atoms with van der Waals surface area (Å²) in [6.07, 6.45) is 0. The average molecular weight is 796 g/mol. The maximum atomic E-state index is 5.61. The van der Waals surface area contributed by atoms with Crippen LogP contribution in [0, 0.1) is 0 Å². The molecule has 11 aromatic rings. The Balaban J connectivity index is 1.15. The molecule has 0 fully saturated rings. The highest BCUT2D eigenvalue weighted by molar-refractivity contribution is 7.26. The summed E-state index contributed by atoms with van der Waals surface area (Å²) in [5.41, 5.74) is 15.5. The lowest BCUT2D eigenvalue weighted by Crippen LogP contribution is -2.01. The monoisotopic (exact) mass is 795 g/mol. The van der Waals surface area contributed by atoms with Crippen molar-refractivity contribution in [3.63, 3.8) is 0 Å². The number of nitrogens with zero attached hydrogens (tertiary/aromatic N) is 3. The van der Waals surface area contributed by atoms with Gasteiger partial charge in [-0.15, -0.1) is 11.3 Å². The standard InChI is InChI=1S/C57H37N3S/c1-6-19-39(20-7-1)52-51(53(40-21-8-2-9-22-40)55(43-25-12-4-13-26-43)60-54(52)42-23-10-3-11-24-42)41-35-33-38(34-36-41)48-37-49(59-57(58-48)44-27-14-5-15-28-44)47-31-18-30-46-45-29-16-17-32-50(45)61-56(46)47/h1-37H. The van der Waals surface area contributed by atoms with Crippen LogP contribution in [-0.4, -0.2) is 15.0 Å². The molecule has 0 amide bonds. The molecule has 0 aliphatic carbocycles. The van der Waals surface area contributed by atoms with Crippen molar-refractivity contribution in [1.29, 1.82) is 0 Å². The highest BCUT2D eigenvalue weighted by atomic mass is 32.1. The quantitative estimate of drug-likeness (QED) is 0.154. The van der Waals surface area contributed by atoms with Crippen LogP contribution in [0.3, 0.4) is 0 Å². The van der Waals surface area contributed by atoms with Crippen LogP contribution >= 0.6 is 11.3 Å². The molecule has 0 spiro atoms. The van der Waals surface area contributed by atoms with Gasteiger partial charge >= 0.3 is 0 Å². The third-order valence-electron chi connectivity index (χ3n) is 11.3. The maximum absolute atomic E-state index is 5.61. The van der Waals surface area contributed by atoms with E-state index in [2.05, 4.69) is 206 Å². The van der Waals surface area contributed by atoms with E-state index >= 15 is 0 Å². The second kappa shape index (κ2) is 15.8. The Morgan fingerprint density at radius 2 is 0.738 bits per heavy atom. The molecular formula is C57H37N3S. The van der Waals surface area contributed by atoms with E-state index in [0.29, 0.717) is 5.82 Å². The average Bonchev–Trinajstić information content (AvgIpc) is 3.74.